The number of benzene rings is 1. The van der Waals surface area contributed by atoms with Gasteiger partial charge < -0.3 is 76.1 Å². The van der Waals surface area contributed by atoms with Gasteiger partial charge in [0, 0.05) is 56.4 Å². The van der Waals surface area contributed by atoms with Gasteiger partial charge in [0.15, 0.2) is 17.3 Å². The molecule has 0 saturated carbocycles. The van der Waals surface area contributed by atoms with Crippen molar-refractivity contribution in [1.29, 1.82) is 0 Å². The first-order valence-corrected chi connectivity index (χ1v) is 30.4. The minimum absolute atomic E-state index is 0.0142. The SMILES string of the molecule is CC[C@H](C)CCCCC(=O)N[C@@H](CCN)C(=O)C[C@H](C(=O)N[C@@H](CCN)C(=O)C[C@H]1CCNC(=O)[C@H](C(C)O)NC(=O)C(CCN)NC(=O)[C@H](CCN)NC(=O)[C@H](CC(C)C)CC(=O)[C@@H](Cc2ccccc2)NC(=O)[C@H](CCN)CC1=O)C(C)O. The van der Waals surface area contributed by atoms with Gasteiger partial charge >= 0.3 is 0 Å². The Hall–Kier alpha value is -6.09. The Balaban J connectivity index is 2.67. The van der Waals surface area contributed by atoms with Crippen LogP contribution in [0.2, 0.25) is 0 Å². The van der Waals surface area contributed by atoms with E-state index in [0.717, 1.165) is 19.3 Å². The summed E-state index contributed by atoms with van der Waals surface area (Å²) in [6.45, 7) is 9.69. The molecule has 1 aromatic carbocycles. The molecule has 25 nitrogen and oxygen atoms in total. The van der Waals surface area contributed by atoms with Crippen LogP contribution < -0.4 is 65.9 Å². The van der Waals surface area contributed by atoms with Crippen molar-refractivity contribution in [2.45, 2.75) is 199 Å². The number of amides is 7. The number of Topliss-reactive ketones (excluding diaryl/α,β-unsaturated/α-hetero) is 4. The van der Waals surface area contributed by atoms with Gasteiger partial charge in [-0.3, -0.25) is 52.7 Å². The molecule has 13 atom stereocenters. The van der Waals surface area contributed by atoms with Crippen LogP contribution in [-0.2, 0) is 59.2 Å². The minimum Gasteiger partial charge on any atom is -0.393 e. The molecule has 0 aliphatic carbocycles. The van der Waals surface area contributed by atoms with E-state index in [4.69, 9.17) is 28.7 Å². The number of carbonyl (C=O) groups is 11. The standard InChI is InChI=1S/C60H102N12O13/c1-7-36(4)13-11-12-16-53(79)67-44(18-24-62)52(78)34-43(37(5)73)57(82)68-45(19-25-63)50(76)31-40-22-28-66-60(85)54(38(6)74)72-59(84)47(21-27-65)70-58(83)46(20-26-64)69-56(81)42(29-35(2)3)33-51(77)48(30-39-14-9-8-10-15-39)71-55(80)41(17-23-61)32-49(40)75/h8-10,14-15,35-38,40-48,54,73-74H,7,11-13,16-34,61-65H2,1-6H3,(H,66,85)(H,67,79)(H,68,82)(H,69,81)(H,70,83)(H,71,80)(H,72,84)/t36-,37?,38?,40+,41+,42+,43-,44-,45-,46-,47?,48+,54-/m0/s1. The molecule has 2 rings (SSSR count). The number of hydrogen-bond donors (Lipinski definition) is 14. The van der Waals surface area contributed by atoms with Crippen LogP contribution in [0.5, 0.6) is 0 Å². The van der Waals surface area contributed by atoms with Crippen molar-refractivity contribution in [2.24, 2.45) is 64.2 Å². The molecule has 480 valence electrons. The molecule has 1 heterocycles. The molecule has 3 unspecified atom stereocenters. The fraction of sp³-hybridized carbons (Fsp3) is 0.717. The highest BCUT2D eigenvalue weighted by molar-refractivity contribution is 5.99. The maximum Gasteiger partial charge on any atom is 0.245 e. The Morgan fingerprint density at radius 3 is 1.72 bits per heavy atom. The Morgan fingerprint density at radius 2 is 1.16 bits per heavy atom. The van der Waals surface area contributed by atoms with Crippen molar-refractivity contribution in [3.8, 4) is 0 Å². The summed E-state index contributed by atoms with van der Waals surface area (Å²) in [5.74, 6) is -12.3. The van der Waals surface area contributed by atoms with Gasteiger partial charge in [0.25, 0.3) is 0 Å². The Labute approximate surface area is 501 Å². The zero-order valence-corrected chi connectivity index (χ0v) is 51.0. The molecule has 1 saturated heterocycles. The normalized spacial score (nSPS) is 23.2. The zero-order valence-electron chi connectivity index (χ0n) is 51.0. The third-order valence-electron chi connectivity index (χ3n) is 15.6. The van der Waals surface area contributed by atoms with Crippen molar-refractivity contribution < 1.29 is 63.0 Å². The first-order valence-electron chi connectivity index (χ1n) is 30.4. The zero-order chi connectivity index (χ0) is 63.8. The third-order valence-corrected chi connectivity index (χ3v) is 15.6. The summed E-state index contributed by atoms with van der Waals surface area (Å²) in [5, 5.41) is 40.2. The van der Waals surface area contributed by atoms with E-state index in [9.17, 15) is 63.0 Å². The minimum atomic E-state index is -1.64. The molecule has 19 N–H and O–H groups in total. The number of ketones is 4. The highest BCUT2D eigenvalue weighted by Gasteiger charge is 2.38. The lowest BCUT2D eigenvalue weighted by Crippen LogP contribution is -2.59. The fourth-order valence-electron chi connectivity index (χ4n) is 10.2. The number of nitrogens with two attached hydrogens (primary N) is 5. The Kier molecular flexibility index (Phi) is 35.6. The van der Waals surface area contributed by atoms with Crippen molar-refractivity contribution in [3.05, 3.63) is 35.9 Å². The second-order valence-corrected chi connectivity index (χ2v) is 23.3. The van der Waals surface area contributed by atoms with Crippen molar-refractivity contribution >= 4 is 64.5 Å². The van der Waals surface area contributed by atoms with E-state index in [2.05, 4.69) is 51.1 Å². The Morgan fingerprint density at radius 1 is 0.612 bits per heavy atom. The number of unbranched alkanes of at least 4 members (excludes halogenated alkanes) is 1. The van der Waals surface area contributed by atoms with Crippen LogP contribution in [0.3, 0.4) is 0 Å². The van der Waals surface area contributed by atoms with E-state index in [1.165, 1.54) is 13.8 Å². The van der Waals surface area contributed by atoms with E-state index in [1.54, 1.807) is 30.3 Å². The molecule has 1 aliphatic heterocycles. The molecular formula is C60H102N12O13. The van der Waals surface area contributed by atoms with Gasteiger partial charge in [-0.05, 0) is 122 Å². The smallest absolute Gasteiger partial charge is 0.245 e. The lowest BCUT2D eigenvalue weighted by Gasteiger charge is -2.27. The lowest BCUT2D eigenvalue weighted by atomic mass is 9.84. The summed E-state index contributed by atoms with van der Waals surface area (Å²) in [5.41, 5.74) is 30.2. The third kappa shape index (κ3) is 27.4. The second kappa shape index (κ2) is 40.3. The summed E-state index contributed by atoms with van der Waals surface area (Å²) in [7, 11) is 0. The monoisotopic (exact) mass is 1200 g/mol. The highest BCUT2D eigenvalue weighted by Crippen LogP contribution is 2.24. The largest absolute Gasteiger partial charge is 0.393 e. The van der Waals surface area contributed by atoms with Crippen molar-refractivity contribution in [1.82, 2.24) is 37.2 Å². The van der Waals surface area contributed by atoms with E-state index >= 15 is 0 Å². The quantitative estimate of drug-likeness (QED) is 0.0401. The number of rotatable bonds is 31. The highest BCUT2D eigenvalue weighted by atomic mass is 16.3. The molecule has 25 heteroatoms. The number of carbonyl (C=O) groups excluding carboxylic acids is 11. The first kappa shape index (κ1) is 75.0. The fourth-order valence-corrected chi connectivity index (χ4v) is 10.2. The molecule has 0 bridgehead atoms. The van der Waals surface area contributed by atoms with Crippen LogP contribution in [0, 0.1) is 35.5 Å². The Bertz CT molecular complexity index is 2310. The van der Waals surface area contributed by atoms with Gasteiger partial charge in [0.05, 0.1) is 36.3 Å². The van der Waals surface area contributed by atoms with E-state index in [0.29, 0.717) is 17.9 Å². The maximum absolute atomic E-state index is 14.7. The molecule has 0 radical (unpaired) electrons. The van der Waals surface area contributed by atoms with Crippen LogP contribution in [0.4, 0.5) is 0 Å². The van der Waals surface area contributed by atoms with Crippen molar-refractivity contribution in [3.63, 3.8) is 0 Å². The van der Waals surface area contributed by atoms with Gasteiger partial charge in [0.1, 0.15) is 23.9 Å². The predicted octanol–water partition coefficient (Wildman–Crippen LogP) is -0.882. The van der Waals surface area contributed by atoms with Crippen LogP contribution in [0.15, 0.2) is 30.3 Å². The van der Waals surface area contributed by atoms with Crippen LogP contribution in [0.1, 0.15) is 150 Å². The average Bonchev–Trinajstić information content (AvgIpc) is 3.67. The van der Waals surface area contributed by atoms with Gasteiger partial charge in [-0.25, -0.2) is 0 Å². The van der Waals surface area contributed by atoms with Gasteiger partial charge in [-0.15, -0.1) is 0 Å². The van der Waals surface area contributed by atoms with Gasteiger partial charge in [0.2, 0.25) is 41.4 Å². The number of aliphatic hydroxyl groups is 2. The second-order valence-electron chi connectivity index (χ2n) is 23.3. The van der Waals surface area contributed by atoms with Crippen LogP contribution >= 0.6 is 0 Å². The number of aliphatic hydroxyl groups excluding tert-OH is 2. The molecule has 0 spiro atoms. The van der Waals surface area contributed by atoms with Crippen molar-refractivity contribution in [2.75, 3.05) is 39.3 Å². The molecule has 7 amide bonds. The molecule has 1 aromatic rings. The molecule has 85 heavy (non-hydrogen) atoms. The molecule has 1 fully saturated rings. The number of nitrogens with one attached hydrogen (secondary N) is 7. The predicted molar refractivity (Wildman–Crippen MR) is 321 cm³/mol. The van der Waals surface area contributed by atoms with E-state index < -0.39 is 150 Å². The molecule has 1 aliphatic rings. The first-order chi connectivity index (χ1) is 40.3. The average molecular weight is 1200 g/mol. The van der Waals surface area contributed by atoms with Gasteiger partial charge in [-0.1, -0.05) is 77.3 Å². The van der Waals surface area contributed by atoms with Gasteiger partial charge in [-0.2, -0.15) is 0 Å². The van der Waals surface area contributed by atoms with E-state index in [-0.39, 0.29) is 115 Å². The summed E-state index contributed by atoms with van der Waals surface area (Å²) in [6, 6.07) is 0.809. The van der Waals surface area contributed by atoms with E-state index in [1.807, 2.05) is 13.8 Å². The maximum atomic E-state index is 14.7. The molecular weight excluding hydrogens is 1100 g/mol. The summed E-state index contributed by atoms with van der Waals surface area (Å²) in [6.07, 6.45) is -1.88. The van der Waals surface area contributed by atoms with Crippen LogP contribution in [-0.4, -0.2) is 162 Å². The lowest BCUT2D eigenvalue weighted by molar-refractivity contribution is -0.137. The number of hydrogen-bond acceptors (Lipinski definition) is 18. The summed E-state index contributed by atoms with van der Waals surface area (Å²) < 4.78 is 0. The topological polar surface area (TPSA) is 443 Å². The summed E-state index contributed by atoms with van der Waals surface area (Å²) >= 11 is 0. The van der Waals surface area contributed by atoms with Crippen LogP contribution in [0.25, 0.3) is 0 Å². The summed E-state index contributed by atoms with van der Waals surface area (Å²) in [4.78, 5) is 155. The molecule has 0 aromatic heterocycles.